The predicted octanol–water partition coefficient (Wildman–Crippen LogP) is 1.91. The van der Waals surface area contributed by atoms with E-state index >= 15 is 0 Å². The SMILES string of the molecule is C/C=C1/CN2CC[C@@]34c5ccccc5N(C)C3[C@]2(O)C[C@@H]1C4C(=O)OC. The average molecular weight is 354 g/mol. The molecule has 2 unspecified atom stereocenters. The van der Waals surface area contributed by atoms with Crippen molar-refractivity contribution in [3.8, 4) is 0 Å². The lowest BCUT2D eigenvalue weighted by molar-refractivity contribution is -0.226. The maximum Gasteiger partial charge on any atom is 0.310 e. The number of carbonyl (C=O) groups excluding carboxylic acids is 1. The summed E-state index contributed by atoms with van der Waals surface area (Å²) in [6, 6.07) is 8.23. The smallest absolute Gasteiger partial charge is 0.310 e. The van der Waals surface area contributed by atoms with E-state index in [0.717, 1.165) is 25.2 Å². The van der Waals surface area contributed by atoms with Crippen LogP contribution in [0.25, 0.3) is 0 Å². The van der Waals surface area contributed by atoms with Crippen molar-refractivity contribution in [2.45, 2.75) is 36.9 Å². The Kier molecular flexibility index (Phi) is 3.21. The molecule has 0 radical (unpaired) electrons. The summed E-state index contributed by atoms with van der Waals surface area (Å²) in [5, 5.41) is 11.9. The molecule has 0 spiro atoms. The predicted molar refractivity (Wildman–Crippen MR) is 98.8 cm³/mol. The molecule has 1 aliphatic carbocycles. The van der Waals surface area contributed by atoms with Crippen molar-refractivity contribution in [3.05, 3.63) is 41.5 Å². The highest BCUT2D eigenvalue weighted by Gasteiger charge is 2.73. The van der Waals surface area contributed by atoms with Gasteiger partial charge < -0.3 is 14.7 Å². The Morgan fingerprint density at radius 3 is 2.88 bits per heavy atom. The standard InChI is InChI=1S/C21H26N2O3/c1-4-13-12-23-10-9-20-15-7-5-6-8-16(15)22(2)19(20)21(23,25)11-14(13)17(20)18(24)26-3/h4-8,14,17,19,25H,9-12H2,1-3H3/b13-4-/t14-,17?,19?,20-,21+/m0/s1. The highest BCUT2D eigenvalue weighted by atomic mass is 16.5. The largest absolute Gasteiger partial charge is 0.469 e. The highest BCUT2D eigenvalue weighted by molar-refractivity contribution is 5.80. The summed E-state index contributed by atoms with van der Waals surface area (Å²) in [4.78, 5) is 17.6. The topological polar surface area (TPSA) is 53.0 Å². The first kappa shape index (κ1) is 16.3. The maximum absolute atomic E-state index is 13.1. The van der Waals surface area contributed by atoms with Gasteiger partial charge >= 0.3 is 5.97 Å². The van der Waals surface area contributed by atoms with Gasteiger partial charge in [0.1, 0.15) is 5.72 Å². The maximum atomic E-state index is 13.1. The molecule has 3 aliphatic heterocycles. The van der Waals surface area contributed by atoms with Crippen LogP contribution < -0.4 is 4.90 Å². The van der Waals surface area contributed by atoms with Crippen LogP contribution >= 0.6 is 0 Å². The number of methoxy groups -OCH3 is 1. The summed E-state index contributed by atoms with van der Waals surface area (Å²) in [6.07, 6.45) is 3.60. The van der Waals surface area contributed by atoms with E-state index < -0.39 is 11.1 Å². The monoisotopic (exact) mass is 354 g/mol. The summed E-state index contributed by atoms with van der Waals surface area (Å²) in [7, 11) is 3.55. The fraction of sp³-hybridized carbons (Fsp3) is 0.571. The van der Waals surface area contributed by atoms with Crippen LogP contribution in [0.1, 0.15) is 25.3 Å². The van der Waals surface area contributed by atoms with Crippen LogP contribution in [0.15, 0.2) is 35.9 Å². The lowest BCUT2D eigenvalue weighted by Gasteiger charge is -2.66. The average Bonchev–Trinajstić information content (AvgIpc) is 2.91. The third kappa shape index (κ3) is 1.62. The van der Waals surface area contributed by atoms with Gasteiger partial charge in [-0.15, -0.1) is 0 Å². The van der Waals surface area contributed by atoms with Crippen molar-refractivity contribution in [2.24, 2.45) is 11.8 Å². The Morgan fingerprint density at radius 1 is 1.38 bits per heavy atom. The normalized spacial score (nSPS) is 41.9. The van der Waals surface area contributed by atoms with E-state index in [1.54, 1.807) is 0 Å². The number of piperidine rings is 2. The van der Waals surface area contributed by atoms with E-state index in [1.165, 1.54) is 18.2 Å². The minimum Gasteiger partial charge on any atom is -0.469 e. The Bertz CT molecular complexity index is 821. The number of esters is 1. The number of hydrogen-bond acceptors (Lipinski definition) is 5. The van der Waals surface area contributed by atoms with Gasteiger partial charge in [-0.2, -0.15) is 0 Å². The number of hydrogen-bond donors (Lipinski definition) is 1. The molecule has 2 saturated heterocycles. The Labute approximate surface area is 154 Å². The van der Waals surface area contributed by atoms with Crippen LogP contribution in [-0.2, 0) is 14.9 Å². The van der Waals surface area contributed by atoms with Gasteiger partial charge in [0.25, 0.3) is 0 Å². The first-order valence-electron chi connectivity index (χ1n) is 9.51. The quantitative estimate of drug-likeness (QED) is 0.617. The molecule has 0 aromatic heterocycles. The lowest BCUT2D eigenvalue weighted by atomic mass is 9.49. The number of likely N-dealkylation sites (N-methyl/N-ethyl adjacent to an activating group) is 1. The summed E-state index contributed by atoms with van der Waals surface area (Å²) in [5.74, 6) is -0.357. The number of rotatable bonds is 1. The second kappa shape index (κ2) is 5.11. The van der Waals surface area contributed by atoms with E-state index in [1.807, 2.05) is 13.0 Å². The molecule has 138 valence electrons. The van der Waals surface area contributed by atoms with Gasteiger partial charge in [0.15, 0.2) is 0 Å². The van der Waals surface area contributed by atoms with Gasteiger partial charge in [-0.05, 0) is 37.3 Å². The number of para-hydroxylation sites is 1. The third-order valence-corrected chi connectivity index (χ3v) is 7.59. The molecule has 1 aromatic carbocycles. The molecule has 1 aromatic rings. The zero-order valence-corrected chi connectivity index (χ0v) is 15.6. The summed E-state index contributed by atoms with van der Waals surface area (Å²) >= 11 is 0. The van der Waals surface area contributed by atoms with Crippen LogP contribution in [0.2, 0.25) is 0 Å². The molecule has 5 nitrogen and oxygen atoms in total. The molecule has 26 heavy (non-hydrogen) atoms. The van der Waals surface area contributed by atoms with Crippen molar-refractivity contribution in [3.63, 3.8) is 0 Å². The van der Waals surface area contributed by atoms with E-state index in [2.05, 4.69) is 41.1 Å². The van der Waals surface area contributed by atoms with E-state index in [9.17, 15) is 9.90 Å². The number of carbonyl (C=O) groups is 1. The fourth-order valence-corrected chi connectivity index (χ4v) is 6.73. The second-order valence-electron chi connectivity index (χ2n) is 8.30. The molecule has 4 aliphatic rings. The summed E-state index contributed by atoms with van der Waals surface area (Å²) in [6.45, 7) is 3.58. The molecule has 0 amide bonds. The Hall–Kier alpha value is -1.85. The third-order valence-electron chi connectivity index (χ3n) is 7.59. The van der Waals surface area contributed by atoms with Crippen molar-refractivity contribution in [1.29, 1.82) is 0 Å². The number of aliphatic hydroxyl groups is 1. The number of fused-ring (bicyclic) bond motifs is 2. The second-order valence-corrected chi connectivity index (χ2v) is 8.30. The molecule has 3 bridgehead atoms. The number of ether oxygens (including phenoxy) is 1. The minimum absolute atomic E-state index is 0.0322. The van der Waals surface area contributed by atoms with Gasteiger partial charge in [-0.1, -0.05) is 29.8 Å². The van der Waals surface area contributed by atoms with Crippen LogP contribution in [-0.4, -0.2) is 55.0 Å². The van der Waals surface area contributed by atoms with E-state index in [-0.39, 0.29) is 23.8 Å². The highest BCUT2D eigenvalue weighted by Crippen LogP contribution is 2.65. The van der Waals surface area contributed by atoms with Gasteiger partial charge in [-0.3, -0.25) is 9.69 Å². The van der Waals surface area contributed by atoms with Crippen molar-refractivity contribution in [1.82, 2.24) is 4.90 Å². The Balaban J connectivity index is 1.82. The van der Waals surface area contributed by atoms with Crippen molar-refractivity contribution < 1.29 is 14.6 Å². The molecular formula is C21H26N2O3. The minimum atomic E-state index is -0.909. The zero-order chi connectivity index (χ0) is 18.3. The molecule has 1 N–H and O–H groups in total. The van der Waals surface area contributed by atoms with Crippen LogP contribution in [0.5, 0.6) is 0 Å². The fourth-order valence-electron chi connectivity index (χ4n) is 6.73. The van der Waals surface area contributed by atoms with Crippen molar-refractivity contribution >= 4 is 11.7 Å². The van der Waals surface area contributed by atoms with E-state index in [0.29, 0.717) is 6.42 Å². The molecule has 5 heteroatoms. The van der Waals surface area contributed by atoms with Gasteiger partial charge in [-0.25, -0.2) is 0 Å². The molecular weight excluding hydrogens is 328 g/mol. The van der Waals surface area contributed by atoms with Gasteiger partial charge in [0.05, 0.1) is 19.1 Å². The van der Waals surface area contributed by atoms with E-state index in [4.69, 9.17) is 4.74 Å². The molecule has 3 fully saturated rings. The number of benzene rings is 1. The number of allylic oxidation sites excluding steroid dienone is 1. The molecule has 1 saturated carbocycles. The van der Waals surface area contributed by atoms with Crippen molar-refractivity contribution in [2.75, 3.05) is 32.1 Å². The van der Waals surface area contributed by atoms with Crippen LogP contribution in [0.3, 0.4) is 0 Å². The molecule has 3 heterocycles. The number of anilines is 1. The van der Waals surface area contributed by atoms with Crippen LogP contribution in [0, 0.1) is 11.8 Å². The summed E-state index contributed by atoms with van der Waals surface area (Å²) in [5.41, 5.74) is 2.28. The Morgan fingerprint density at radius 2 is 2.15 bits per heavy atom. The molecule has 5 rings (SSSR count). The lowest BCUT2D eigenvalue weighted by Crippen LogP contribution is -2.79. The zero-order valence-electron chi connectivity index (χ0n) is 15.6. The van der Waals surface area contributed by atoms with Gasteiger partial charge in [0.2, 0.25) is 0 Å². The first-order chi connectivity index (χ1) is 12.5. The number of nitrogens with zero attached hydrogens (tertiary/aromatic N) is 2. The summed E-state index contributed by atoms with van der Waals surface area (Å²) < 4.78 is 5.33. The molecule has 5 atom stereocenters. The van der Waals surface area contributed by atoms with Gasteiger partial charge in [0, 0.05) is 31.2 Å². The van der Waals surface area contributed by atoms with Crippen LogP contribution in [0.4, 0.5) is 5.69 Å². The first-order valence-corrected chi connectivity index (χ1v) is 9.51.